The molecule has 0 saturated carbocycles. The van der Waals surface area contributed by atoms with Crippen LogP contribution in [0.5, 0.6) is 0 Å². The molecular weight excluding hydrogens is 192 g/mol. The lowest BCUT2D eigenvalue weighted by Gasteiger charge is -2.15. The van der Waals surface area contributed by atoms with Crippen LogP contribution in [0.15, 0.2) is 0 Å². The summed E-state index contributed by atoms with van der Waals surface area (Å²) in [6, 6.07) is 0. The Balaban J connectivity index is 3.29. The van der Waals surface area contributed by atoms with Gasteiger partial charge in [-0.3, -0.25) is 9.15 Å². The van der Waals surface area contributed by atoms with Gasteiger partial charge in [-0.25, -0.2) is 0 Å². The SMILES string of the molecule is C[SiH](C)OO[SiH](C)O[SiH](C)C. The molecule has 0 rings (SSSR count). The average Bonchev–Trinajstić information content (AvgIpc) is 1.82. The highest BCUT2D eigenvalue weighted by atomic mass is 28.4. The summed E-state index contributed by atoms with van der Waals surface area (Å²) < 4.78 is 15.8. The minimum Gasteiger partial charge on any atom is -0.440 e. The van der Waals surface area contributed by atoms with Crippen molar-refractivity contribution in [1.29, 1.82) is 0 Å². The number of hydrogen-bond acceptors (Lipinski definition) is 3. The quantitative estimate of drug-likeness (QED) is 0.381. The standard InChI is InChI=1S/C5H18O3Si3/c1-9(2)6-7-11(5)8-10(3)4/h9-11H,1-5H3. The third kappa shape index (κ3) is 8.44. The highest BCUT2D eigenvalue weighted by molar-refractivity contribution is 6.60. The zero-order valence-electron chi connectivity index (χ0n) is 7.96. The first-order valence-corrected chi connectivity index (χ1v) is 11.7. The second-order valence-corrected chi connectivity index (χ2v) is 9.80. The Bertz CT molecular complexity index is 99.0. The van der Waals surface area contributed by atoms with Crippen molar-refractivity contribution in [3.63, 3.8) is 0 Å². The van der Waals surface area contributed by atoms with E-state index in [2.05, 4.69) is 26.2 Å². The highest BCUT2D eigenvalue weighted by Gasteiger charge is 2.10. The van der Waals surface area contributed by atoms with Crippen LogP contribution in [0.4, 0.5) is 0 Å². The third-order valence-corrected chi connectivity index (χ3v) is 5.66. The van der Waals surface area contributed by atoms with Gasteiger partial charge in [0.2, 0.25) is 9.04 Å². The van der Waals surface area contributed by atoms with Crippen LogP contribution in [0.2, 0.25) is 32.7 Å². The fraction of sp³-hybridized carbons (Fsp3) is 1.00. The molecule has 0 spiro atoms. The van der Waals surface area contributed by atoms with Gasteiger partial charge in [-0.15, -0.1) is 0 Å². The Morgan fingerprint density at radius 2 is 1.27 bits per heavy atom. The van der Waals surface area contributed by atoms with E-state index in [1.165, 1.54) is 0 Å². The van der Waals surface area contributed by atoms with E-state index >= 15 is 0 Å². The lowest BCUT2D eigenvalue weighted by Crippen LogP contribution is -2.27. The van der Waals surface area contributed by atoms with Crippen molar-refractivity contribution >= 4 is 27.4 Å². The Labute approximate surface area is 73.9 Å². The largest absolute Gasteiger partial charge is 0.440 e. The molecule has 1 atom stereocenters. The number of rotatable bonds is 5. The first kappa shape index (κ1) is 11.5. The molecule has 0 N–H and O–H groups in total. The molecule has 0 radical (unpaired) electrons. The minimum absolute atomic E-state index is 0.919. The van der Waals surface area contributed by atoms with Crippen molar-refractivity contribution in [2.24, 2.45) is 0 Å². The molecule has 0 bridgehead atoms. The first-order chi connectivity index (χ1) is 5.02. The topological polar surface area (TPSA) is 27.7 Å². The molecule has 0 heterocycles. The molecule has 0 aromatic heterocycles. The summed E-state index contributed by atoms with van der Waals surface area (Å²) in [4.78, 5) is 0. The van der Waals surface area contributed by atoms with Crippen molar-refractivity contribution in [3.05, 3.63) is 0 Å². The maximum absolute atomic E-state index is 5.55. The van der Waals surface area contributed by atoms with Gasteiger partial charge in [0.25, 0.3) is 0 Å². The smallest absolute Gasteiger partial charge is 0.345 e. The summed E-state index contributed by atoms with van der Waals surface area (Å²) >= 11 is 0. The van der Waals surface area contributed by atoms with E-state index in [1.807, 2.05) is 6.55 Å². The van der Waals surface area contributed by atoms with Crippen LogP contribution in [0.3, 0.4) is 0 Å². The molecule has 11 heavy (non-hydrogen) atoms. The predicted octanol–water partition coefficient (Wildman–Crippen LogP) is 0.768. The molecular formula is C5H18O3Si3. The summed E-state index contributed by atoms with van der Waals surface area (Å²) in [5, 5.41) is 0. The van der Waals surface area contributed by atoms with E-state index in [4.69, 9.17) is 13.3 Å². The molecule has 0 aromatic carbocycles. The van der Waals surface area contributed by atoms with E-state index in [9.17, 15) is 0 Å². The maximum Gasteiger partial charge on any atom is 0.345 e. The van der Waals surface area contributed by atoms with Crippen LogP contribution < -0.4 is 0 Å². The van der Waals surface area contributed by atoms with Gasteiger partial charge in [0.15, 0.2) is 9.04 Å². The van der Waals surface area contributed by atoms with Crippen LogP contribution in [-0.2, 0) is 13.3 Å². The molecule has 0 aliphatic heterocycles. The Morgan fingerprint density at radius 3 is 1.64 bits per heavy atom. The van der Waals surface area contributed by atoms with Gasteiger partial charge >= 0.3 is 9.28 Å². The highest BCUT2D eigenvalue weighted by Crippen LogP contribution is 1.95. The van der Waals surface area contributed by atoms with Crippen LogP contribution in [0.1, 0.15) is 0 Å². The molecule has 0 aromatic rings. The summed E-state index contributed by atoms with van der Waals surface area (Å²) in [6.45, 7) is 10.4. The molecule has 0 aliphatic carbocycles. The molecule has 0 fully saturated rings. The van der Waals surface area contributed by atoms with Crippen molar-refractivity contribution in [2.45, 2.75) is 32.7 Å². The van der Waals surface area contributed by atoms with E-state index in [0.717, 1.165) is 0 Å². The predicted molar refractivity (Wildman–Crippen MR) is 54.0 cm³/mol. The maximum atomic E-state index is 5.55. The van der Waals surface area contributed by atoms with Crippen LogP contribution >= 0.6 is 0 Å². The van der Waals surface area contributed by atoms with Crippen molar-refractivity contribution in [3.8, 4) is 0 Å². The summed E-state index contributed by atoms with van der Waals surface area (Å²) in [5.74, 6) is 0. The monoisotopic (exact) mass is 210 g/mol. The second-order valence-electron chi connectivity index (χ2n) is 2.99. The lowest BCUT2D eigenvalue weighted by molar-refractivity contribution is -0.122. The third-order valence-electron chi connectivity index (χ3n) is 0.847. The summed E-state index contributed by atoms with van der Waals surface area (Å²) in [7, 11) is -3.39. The molecule has 6 heteroatoms. The first-order valence-electron chi connectivity index (χ1n) is 4.00. The van der Waals surface area contributed by atoms with E-state index < -0.39 is 27.4 Å². The normalized spacial score (nSPS) is 14.5. The summed E-state index contributed by atoms with van der Waals surface area (Å²) in [5.41, 5.74) is 0. The fourth-order valence-corrected chi connectivity index (χ4v) is 5.36. The van der Waals surface area contributed by atoms with Gasteiger partial charge in [0.05, 0.1) is 0 Å². The van der Waals surface area contributed by atoms with E-state index in [1.54, 1.807) is 0 Å². The van der Waals surface area contributed by atoms with E-state index in [-0.39, 0.29) is 0 Å². The van der Waals surface area contributed by atoms with Gasteiger partial charge in [-0.1, -0.05) is 0 Å². The summed E-state index contributed by atoms with van der Waals surface area (Å²) in [6.07, 6.45) is 0. The van der Waals surface area contributed by atoms with Gasteiger partial charge in [-0.05, 0) is 32.7 Å². The molecule has 0 aliphatic rings. The average molecular weight is 210 g/mol. The second kappa shape index (κ2) is 6.09. The fourth-order valence-electron chi connectivity index (χ4n) is 0.595. The van der Waals surface area contributed by atoms with Crippen LogP contribution in [0.25, 0.3) is 0 Å². The van der Waals surface area contributed by atoms with E-state index in [0.29, 0.717) is 0 Å². The van der Waals surface area contributed by atoms with Crippen LogP contribution in [-0.4, -0.2) is 27.4 Å². The number of hydrogen-bond donors (Lipinski definition) is 0. The van der Waals surface area contributed by atoms with Crippen molar-refractivity contribution in [1.82, 2.24) is 0 Å². The Kier molecular flexibility index (Phi) is 6.39. The van der Waals surface area contributed by atoms with Crippen molar-refractivity contribution in [2.75, 3.05) is 0 Å². The lowest BCUT2D eigenvalue weighted by atomic mass is 11.9. The molecule has 0 amide bonds. The Morgan fingerprint density at radius 1 is 0.727 bits per heavy atom. The van der Waals surface area contributed by atoms with Gasteiger partial charge < -0.3 is 4.12 Å². The molecule has 68 valence electrons. The zero-order chi connectivity index (χ0) is 8.85. The van der Waals surface area contributed by atoms with Gasteiger partial charge in [0, 0.05) is 0 Å². The van der Waals surface area contributed by atoms with Gasteiger partial charge in [-0.2, -0.15) is 0 Å². The van der Waals surface area contributed by atoms with Crippen molar-refractivity contribution < 1.29 is 13.3 Å². The van der Waals surface area contributed by atoms with Gasteiger partial charge in [0.1, 0.15) is 0 Å². The molecule has 3 nitrogen and oxygen atoms in total. The molecule has 1 unspecified atom stereocenters. The molecule has 0 saturated heterocycles. The van der Waals surface area contributed by atoms with Crippen LogP contribution in [0, 0.1) is 0 Å². The minimum atomic E-state index is -1.44. The Hall–Kier alpha value is 0.531. The zero-order valence-corrected chi connectivity index (χ0v) is 11.4.